The van der Waals surface area contributed by atoms with E-state index in [1.54, 1.807) is 0 Å². The van der Waals surface area contributed by atoms with Gasteiger partial charge in [-0.3, -0.25) is 0 Å². The highest BCUT2D eigenvalue weighted by atomic mass is 32.2. The lowest BCUT2D eigenvalue weighted by Crippen LogP contribution is -2.24. The zero-order valence-corrected chi connectivity index (χ0v) is 11.5. The number of aromatic nitrogens is 4. The quantitative estimate of drug-likeness (QED) is 0.630. The van der Waals surface area contributed by atoms with Crippen LogP contribution >= 0.6 is 0 Å². The molecule has 0 aliphatic heterocycles. The number of tetrazole rings is 1. The Morgan fingerprint density at radius 3 is 2.86 bits per heavy atom. The van der Waals surface area contributed by atoms with Crippen LogP contribution in [-0.4, -0.2) is 35.6 Å². The van der Waals surface area contributed by atoms with Gasteiger partial charge in [-0.15, -0.1) is 10.2 Å². The van der Waals surface area contributed by atoms with Crippen molar-refractivity contribution in [1.29, 1.82) is 0 Å². The number of nitrogens with two attached hydrogens (primary N) is 1. The number of halogens is 1. The van der Waals surface area contributed by atoms with Crippen LogP contribution < -0.4 is 10.5 Å². The van der Waals surface area contributed by atoms with E-state index in [0.717, 1.165) is 6.07 Å². The number of aromatic amines is 1. The lowest BCUT2D eigenvalue weighted by molar-refractivity contribution is 0.575. The van der Waals surface area contributed by atoms with E-state index in [2.05, 4.69) is 37.2 Å². The lowest BCUT2D eigenvalue weighted by atomic mass is 10.2. The average Bonchev–Trinajstić information content (AvgIpc) is 2.97. The van der Waals surface area contributed by atoms with Crippen molar-refractivity contribution in [1.82, 2.24) is 25.3 Å². The molecule has 2 aromatic rings. The minimum Gasteiger partial charge on any atom is -0.320 e. The molecule has 1 aromatic heterocycles. The molecule has 0 bridgehead atoms. The third-order valence-corrected chi connectivity index (χ3v) is 3.78. The van der Waals surface area contributed by atoms with Gasteiger partial charge in [-0.25, -0.2) is 17.5 Å². The highest BCUT2D eigenvalue weighted by molar-refractivity contribution is 7.89. The predicted molar refractivity (Wildman–Crippen MR) is 70.5 cm³/mol. The van der Waals surface area contributed by atoms with Gasteiger partial charge in [-0.2, -0.15) is 5.21 Å². The smallest absolute Gasteiger partial charge is 0.241 e. The third kappa shape index (κ3) is 3.82. The Morgan fingerprint density at radius 1 is 1.43 bits per heavy atom. The maximum absolute atomic E-state index is 13.7. The van der Waals surface area contributed by atoms with Crippen LogP contribution in [0.1, 0.15) is 11.4 Å². The van der Waals surface area contributed by atoms with Crippen LogP contribution in [0.2, 0.25) is 0 Å². The van der Waals surface area contributed by atoms with Crippen LogP contribution in [0.15, 0.2) is 23.1 Å². The predicted octanol–water partition coefficient (Wildman–Crippen LogP) is -0.873. The van der Waals surface area contributed by atoms with Crippen LogP contribution in [-0.2, 0) is 16.6 Å². The Morgan fingerprint density at radius 2 is 2.24 bits per heavy atom. The highest BCUT2D eigenvalue weighted by Crippen LogP contribution is 2.14. The van der Waals surface area contributed by atoms with E-state index in [-0.39, 0.29) is 29.4 Å². The summed E-state index contributed by atoms with van der Waals surface area (Å²) in [6.07, 6.45) is 0. The van der Waals surface area contributed by atoms with E-state index >= 15 is 0 Å². The maximum Gasteiger partial charge on any atom is 0.241 e. The van der Waals surface area contributed by atoms with Gasteiger partial charge in [0.25, 0.3) is 0 Å². The van der Waals surface area contributed by atoms with Gasteiger partial charge in [0.2, 0.25) is 10.0 Å². The first-order valence-corrected chi connectivity index (χ1v) is 7.22. The number of nitrogens with zero attached hydrogens (tertiary/aromatic N) is 3. The molecule has 0 aliphatic rings. The van der Waals surface area contributed by atoms with E-state index in [1.165, 1.54) is 12.1 Å². The molecule has 10 heteroatoms. The zero-order chi connectivity index (χ0) is 15.3. The number of benzene rings is 1. The molecule has 2 rings (SSSR count). The first kappa shape index (κ1) is 15.0. The molecule has 0 radical (unpaired) electrons. The van der Waals surface area contributed by atoms with E-state index in [9.17, 15) is 12.8 Å². The first-order valence-electron chi connectivity index (χ1n) is 5.73. The molecule has 0 unspecified atom stereocenters. The Labute approximate surface area is 120 Å². The first-order chi connectivity index (χ1) is 10.0. The third-order valence-electron chi connectivity index (χ3n) is 2.39. The van der Waals surface area contributed by atoms with Crippen molar-refractivity contribution in [2.75, 3.05) is 6.54 Å². The summed E-state index contributed by atoms with van der Waals surface area (Å²) in [5.41, 5.74) is 5.27. The molecule has 110 valence electrons. The Kier molecular flexibility index (Phi) is 4.59. The summed E-state index contributed by atoms with van der Waals surface area (Å²) in [6, 6.07) is 3.42. The molecule has 4 N–H and O–H groups in total. The van der Waals surface area contributed by atoms with E-state index < -0.39 is 15.8 Å². The molecule has 0 aliphatic carbocycles. The van der Waals surface area contributed by atoms with Crippen molar-refractivity contribution < 1.29 is 12.8 Å². The molecule has 0 fully saturated rings. The van der Waals surface area contributed by atoms with Crippen molar-refractivity contribution >= 4 is 10.0 Å². The normalized spacial score (nSPS) is 11.0. The van der Waals surface area contributed by atoms with Gasteiger partial charge < -0.3 is 5.73 Å². The Balaban J connectivity index is 2.18. The second-order valence-electron chi connectivity index (χ2n) is 3.80. The fourth-order valence-electron chi connectivity index (χ4n) is 1.41. The summed E-state index contributed by atoms with van der Waals surface area (Å²) >= 11 is 0. The molecule has 0 amide bonds. The summed E-state index contributed by atoms with van der Waals surface area (Å²) < 4.78 is 39.9. The van der Waals surface area contributed by atoms with Crippen LogP contribution in [0.3, 0.4) is 0 Å². The summed E-state index contributed by atoms with van der Waals surface area (Å²) in [4.78, 5) is -0.221. The lowest BCUT2D eigenvalue weighted by Gasteiger charge is -2.05. The maximum atomic E-state index is 13.7. The number of nitrogens with one attached hydrogen (secondary N) is 2. The van der Waals surface area contributed by atoms with Crippen LogP contribution in [0.25, 0.3) is 0 Å². The van der Waals surface area contributed by atoms with Crippen molar-refractivity contribution in [3.63, 3.8) is 0 Å². The Bertz CT molecular complexity index is 779. The molecular formula is C11H11FN6O2S. The largest absolute Gasteiger partial charge is 0.320 e. The summed E-state index contributed by atoms with van der Waals surface area (Å²) in [7, 11) is -3.88. The van der Waals surface area contributed by atoms with Crippen LogP contribution in [0.4, 0.5) is 4.39 Å². The second kappa shape index (κ2) is 6.40. The monoisotopic (exact) mass is 310 g/mol. The van der Waals surface area contributed by atoms with Crippen molar-refractivity contribution in [2.45, 2.75) is 11.4 Å². The second-order valence-corrected chi connectivity index (χ2v) is 5.57. The molecule has 1 aromatic carbocycles. The van der Waals surface area contributed by atoms with Crippen LogP contribution in [0.5, 0.6) is 0 Å². The topological polar surface area (TPSA) is 127 Å². The Hall–Kier alpha value is -2.35. The minimum atomic E-state index is -3.88. The van der Waals surface area contributed by atoms with E-state index in [4.69, 9.17) is 5.73 Å². The van der Waals surface area contributed by atoms with Crippen molar-refractivity contribution in [3.8, 4) is 11.8 Å². The van der Waals surface area contributed by atoms with Crippen molar-refractivity contribution in [3.05, 3.63) is 35.4 Å². The van der Waals surface area contributed by atoms with Gasteiger partial charge >= 0.3 is 0 Å². The molecule has 0 atom stereocenters. The molecule has 8 nitrogen and oxygen atoms in total. The van der Waals surface area contributed by atoms with Crippen molar-refractivity contribution in [2.24, 2.45) is 5.73 Å². The number of hydrogen-bond donors (Lipinski definition) is 3. The van der Waals surface area contributed by atoms with E-state index in [0.29, 0.717) is 0 Å². The fourth-order valence-corrected chi connectivity index (χ4v) is 2.40. The SMILES string of the molecule is NCC#Cc1ccc(S(=O)(=O)NCc2nn[nH]n2)cc1F. The van der Waals surface area contributed by atoms with Gasteiger partial charge in [0.1, 0.15) is 5.82 Å². The number of hydrogen-bond acceptors (Lipinski definition) is 6. The standard InChI is InChI=1S/C11H11FN6O2S/c12-10-6-9(4-3-8(10)2-1-5-13)21(19,20)14-7-11-15-17-18-16-11/h3-4,6,14H,5,7,13H2,(H,15,16,17,18). The van der Waals surface area contributed by atoms with Gasteiger partial charge in [0.15, 0.2) is 5.82 Å². The summed E-state index contributed by atoms with van der Waals surface area (Å²) in [5, 5.41) is 12.7. The zero-order valence-electron chi connectivity index (χ0n) is 10.7. The molecular weight excluding hydrogens is 299 g/mol. The number of H-pyrrole nitrogens is 1. The molecule has 0 spiro atoms. The molecule has 1 heterocycles. The highest BCUT2D eigenvalue weighted by Gasteiger charge is 2.16. The average molecular weight is 310 g/mol. The van der Waals surface area contributed by atoms with Gasteiger partial charge in [0, 0.05) is 0 Å². The van der Waals surface area contributed by atoms with Gasteiger partial charge in [-0.1, -0.05) is 17.1 Å². The summed E-state index contributed by atoms with van der Waals surface area (Å²) in [6.45, 7) is -0.0685. The molecule has 21 heavy (non-hydrogen) atoms. The number of rotatable bonds is 4. The molecule has 0 saturated carbocycles. The fraction of sp³-hybridized carbons (Fsp3) is 0.182. The van der Waals surface area contributed by atoms with E-state index in [1.807, 2.05) is 0 Å². The number of sulfonamides is 1. The minimum absolute atomic E-state index is 0.0811. The van der Waals surface area contributed by atoms with Gasteiger partial charge in [0.05, 0.1) is 23.5 Å². The van der Waals surface area contributed by atoms with Gasteiger partial charge in [-0.05, 0) is 18.2 Å². The summed E-state index contributed by atoms with van der Waals surface area (Å²) in [5.74, 6) is 4.43. The molecule has 0 saturated heterocycles. The van der Waals surface area contributed by atoms with Crippen LogP contribution in [0, 0.1) is 17.7 Å².